The first-order valence-corrected chi connectivity index (χ1v) is 9.63. The summed E-state index contributed by atoms with van der Waals surface area (Å²) in [6.45, 7) is -0.366. The molecule has 6 heteroatoms. The predicted octanol–water partition coefficient (Wildman–Crippen LogP) is 4.71. The van der Waals surface area contributed by atoms with Crippen LogP contribution in [0, 0.1) is 0 Å². The van der Waals surface area contributed by atoms with Crippen molar-refractivity contribution in [1.29, 1.82) is 0 Å². The van der Waals surface area contributed by atoms with E-state index in [1.54, 1.807) is 6.07 Å². The van der Waals surface area contributed by atoms with Gasteiger partial charge in [-0.25, -0.2) is 0 Å². The van der Waals surface area contributed by atoms with Gasteiger partial charge in [0.1, 0.15) is 16.9 Å². The van der Waals surface area contributed by atoms with E-state index in [2.05, 4.69) is 5.32 Å². The van der Waals surface area contributed by atoms with Gasteiger partial charge in [-0.05, 0) is 24.1 Å². The van der Waals surface area contributed by atoms with Crippen LogP contribution in [0.15, 0.2) is 71.1 Å². The standard InChI is InChI=1S/C24H21NO5/c1-28-22-13-18-17-9-5-6-10-20(17)30-21(18)14-19(22)25-23(26)15-29-24(27)12-11-16-7-3-2-4-8-16/h2-10,13-14H,11-12,15H2,1H3,(H,25,26). The third kappa shape index (κ3) is 4.27. The zero-order chi connectivity index (χ0) is 20.9. The molecule has 4 rings (SSSR count). The van der Waals surface area contributed by atoms with Gasteiger partial charge in [0.25, 0.3) is 5.91 Å². The van der Waals surface area contributed by atoms with Gasteiger partial charge in [-0.15, -0.1) is 0 Å². The van der Waals surface area contributed by atoms with Crippen molar-refractivity contribution in [2.45, 2.75) is 12.8 Å². The molecule has 0 spiro atoms. The number of para-hydroxylation sites is 1. The van der Waals surface area contributed by atoms with Crippen LogP contribution in [0.5, 0.6) is 5.75 Å². The number of hydrogen-bond acceptors (Lipinski definition) is 5. The van der Waals surface area contributed by atoms with E-state index in [9.17, 15) is 9.59 Å². The van der Waals surface area contributed by atoms with Crippen LogP contribution in [-0.4, -0.2) is 25.6 Å². The molecule has 6 nitrogen and oxygen atoms in total. The number of hydrogen-bond donors (Lipinski definition) is 1. The lowest BCUT2D eigenvalue weighted by atomic mass is 10.1. The lowest BCUT2D eigenvalue weighted by Gasteiger charge is -2.11. The van der Waals surface area contributed by atoms with E-state index in [1.807, 2.05) is 60.7 Å². The zero-order valence-corrected chi connectivity index (χ0v) is 16.5. The summed E-state index contributed by atoms with van der Waals surface area (Å²) in [6, 6.07) is 20.9. The molecule has 1 heterocycles. The SMILES string of the molecule is COc1cc2c(cc1NC(=O)COC(=O)CCc1ccccc1)oc1ccccc12. The molecular weight excluding hydrogens is 382 g/mol. The first-order chi connectivity index (χ1) is 14.6. The Morgan fingerprint density at radius 2 is 1.70 bits per heavy atom. The highest BCUT2D eigenvalue weighted by atomic mass is 16.5. The first-order valence-electron chi connectivity index (χ1n) is 9.63. The molecule has 1 amide bonds. The minimum atomic E-state index is -0.447. The van der Waals surface area contributed by atoms with Crippen molar-refractivity contribution >= 4 is 39.5 Å². The fourth-order valence-electron chi connectivity index (χ4n) is 3.31. The second kappa shape index (κ2) is 8.69. The third-order valence-electron chi connectivity index (χ3n) is 4.80. The normalized spacial score (nSPS) is 10.8. The third-order valence-corrected chi connectivity index (χ3v) is 4.80. The molecule has 30 heavy (non-hydrogen) atoms. The molecule has 0 aliphatic heterocycles. The van der Waals surface area contributed by atoms with E-state index >= 15 is 0 Å². The van der Waals surface area contributed by atoms with Crippen molar-refractivity contribution in [3.8, 4) is 5.75 Å². The number of anilines is 1. The van der Waals surface area contributed by atoms with Crippen molar-refractivity contribution < 1.29 is 23.5 Å². The Morgan fingerprint density at radius 1 is 0.933 bits per heavy atom. The van der Waals surface area contributed by atoms with E-state index in [0.717, 1.165) is 21.9 Å². The molecule has 0 saturated heterocycles. The maximum Gasteiger partial charge on any atom is 0.306 e. The number of carbonyl (C=O) groups excluding carboxylic acids is 2. The molecule has 0 atom stereocenters. The Morgan fingerprint density at radius 3 is 2.50 bits per heavy atom. The highest BCUT2D eigenvalue weighted by Crippen LogP contribution is 2.36. The van der Waals surface area contributed by atoms with E-state index in [0.29, 0.717) is 23.4 Å². The van der Waals surface area contributed by atoms with E-state index in [1.165, 1.54) is 7.11 Å². The van der Waals surface area contributed by atoms with Crippen LogP contribution in [0.2, 0.25) is 0 Å². The summed E-state index contributed by atoms with van der Waals surface area (Å²) in [7, 11) is 1.53. The lowest BCUT2D eigenvalue weighted by molar-refractivity contribution is -0.147. The number of rotatable bonds is 7. The second-order valence-corrected chi connectivity index (χ2v) is 6.84. The van der Waals surface area contributed by atoms with Crippen LogP contribution in [0.25, 0.3) is 21.9 Å². The molecule has 0 bridgehead atoms. The average molecular weight is 403 g/mol. The van der Waals surface area contributed by atoms with Crippen molar-refractivity contribution in [2.75, 3.05) is 19.0 Å². The molecule has 0 unspecified atom stereocenters. The highest BCUT2D eigenvalue weighted by molar-refractivity contribution is 6.07. The number of fused-ring (bicyclic) bond motifs is 3. The van der Waals surface area contributed by atoms with Gasteiger partial charge in [-0.1, -0.05) is 48.5 Å². The Bertz CT molecular complexity index is 1200. The second-order valence-electron chi connectivity index (χ2n) is 6.84. The quantitative estimate of drug-likeness (QED) is 0.452. The number of methoxy groups -OCH3 is 1. The minimum absolute atomic E-state index is 0.214. The number of esters is 1. The highest BCUT2D eigenvalue weighted by Gasteiger charge is 2.15. The number of benzene rings is 3. The van der Waals surface area contributed by atoms with Crippen LogP contribution in [-0.2, 0) is 20.7 Å². The molecule has 0 aliphatic rings. The Balaban J connectivity index is 1.40. The Kier molecular flexibility index (Phi) is 5.66. The average Bonchev–Trinajstić information content (AvgIpc) is 3.13. The number of ether oxygens (including phenoxy) is 2. The Hall–Kier alpha value is -3.80. The topological polar surface area (TPSA) is 77.8 Å². The minimum Gasteiger partial charge on any atom is -0.495 e. The molecule has 4 aromatic rings. The summed E-state index contributed by atoms with van der Waals surface area (Å²) in [5, 5.41) is 4.59. The van der Waals surface area contributed by atoms with Crippen molar-refractivity contribution in [3.63, 3.8) is 0 Å². The van der Waals surface area contributed by atoms with Gasteiger partial charge in [-0.3, -0.25) is 9.59 Å². The van der Waals surface area contributed by atoms with E-state index in [4.69, 9.17) is 13.9 Å². The number of amides is 1. The largest absolute Gasteiger partial charge is 0.495 e. The van der Waals surface area contributed by atoms with Crippen LogP contribution < -0.4 is 10.1 Å². The number of furan rings is 1. The van der Waals surface area contributed by atoms with Gasteiger partial charge in [0.2, 0.25) is 0 Å². The summed E-state index contributed by atoms with van der Waals surface area (Å²) in [5.74, 6) is -0.372. The molecule has 0 saturated carbocycles. The van der Waals surface area contributed by atoms with Crippen LogP contribution in [0.3, 0.4) is 0 Å². The molecule has 1 N–H and O–H groups in total. The van der Waals surface area contributed by atoms with Gasteiger partial charge in [0.15, 0.2) is 6.61 Å². The fourth-order valence-corrected chi connectivity index (χ4v) is 3.31. The number of aryl methyl sites for hydroxylation is 1. The molecule has 1 aromatic heterocycles. The molecule has 3 aromatic carbocycles. The zero-order valence-electron chi connectivity index (χ0n) is 16.5. The summed E-state index contributed by atoms with van der Waals surface area (Å²) < 4.78 is 16.4. The van der Waals surface area contributed by atoms with Gasteiger partial charge >= 0.3 is 5.97 Å². The molecule has 0 fully saturated rings. The van der Waals surface area contributed by atoms with Gasteiger partial charge in [-0.2, -0.15) is 0 Å². The molecular formula is C24H21NO5. The fraction of sp³-hybridized carbons (Fsp3) is 0.167. The summed E-state index contributed by atoms with van der Waals surface area (Å²) in [4.78, 5) is 24.2. The molecule has 0 radical (unpaired) electrons. The maximum absolute atomic E-state index is 12.3. The summed E-state index contributed by atoms with van der Waals surface area (Å²) in [6.07, 6.45) is 0.781. The van der Waals surface area contributed by atoms with Crippen LogP contribution >= 0.6 is 0 Å². The number of carbonyl (C=O) groups is 2. The first kappa shape index (κ1) is 19.5. The van der Waals surface area contributed by atoms with Crippen LogP contribution in [0.4, 0.5) is 5.69 Å². The predicted molar refractivity (Wildman–Crippen MR) is 115 cm³/mol. The summed E-state index contributed by atoms with van der Waals surface area (Å²) >= 11 is 0. The lowest BCUT2D eigenvalue weighted by Crippen LogP contribution is -2.21. The summed E-state index contributed by atoms with van der Waals surface area (Å²) in [5.41, 5.74) is 2.88. The van der Waals surface area contributed by atoms with Gasteiger partial charge in [0.05, 0.1) is 12.8 Å². The molecule has 0 aliphatic carbocycles. The van der Waals surface area contributed by atoms with Crippen molar-refractivity contribution in [3.05, 3.63) is 72.3 Å². The van der Waals surface area contributed by atoms with Crippen LogP contribution in [0.1, 0.15) is 12.0 Å². The van der Waals surface area contributed by atoms with E-state index in [-0.39, 0.29) is 13.0 Å². The van der Waals surface area contributed by atoms with Gasteiger partial charge in [0, 0.05) is 23.3 Å². The molecule has 152 valence electrons. The Labute approximate surface area is 173 Å². The van der Waals surface area contributed by atoms with Crippen molar-refractivity contribution in [2.24, 2.45) is 0 Å². The number of nitrogens with one attached hydrogen (secondary N) is 1. The van der Waals surface area contributed by atoms with E-state index < -0.39 is 11.9 Å². The monoisotopic (exact) mass is 403 g/mol. The smallest absolute Gasteiger partial charge is 0.306 e. The van der Waals surface area contributed by atoms with Gasteiger partial charge < -0.3 is 19.2 Å². The maximum atomic E-state index is 12.3. The van der Waals surface area contributed by atoms with Crippen molar-refractivity contribution in [1.82, 2.24) is 0 Å².